The zero-order valence-corrected chi connectivity index (χ0v) is 24.7. The molecule has 7 heteroatoms. The number of nitrogens with one attached hydrogen (secondary N) is 1. The summed E-state index contributed by atoms with van der Waals surface area (Å²) in [5.74, 6) is 0.163. The lowest BCUT2D eigenvalue weighted by Gasteiger charge is -2.16. The zero-order valence-electron chi connectivity index (χ0n) is 23.9. The fourth-order valence-corrected chi connectivity index (χ4v) is 5.96. The normalized spacial score (nSPS) is 11.0. The van der Waals surface area contributed by atoms with Crippen molar-refractivity contribution in [3.63, 3.8) is 0 Å². The van der Waals surface area contributed by atoms with Crippen LogP contribution in [0.5, 0.6) is 5.75 Å². The molecule has 6 nitrogen and oxygen atoms in total. The van der Waals surface area contributed by atoms with Crippen molar-refractivity contribution in [2.75, 3.05) is 19.0 Å². The molecule has 0 aliphatic carbocycles. The lowest BCUT2D eigenvalue weighted by atomic mass is 10.0. The van der Waals surface area contributed by atoms with E-state index in [0.29, 0.717) is 17.0 Å². The number of aromatic nitrogens is 1. The van der Waals surface area contributed by atoms with E-state index in [0.717, 1.165) is 57.6 Å². The first kappa shape index (κ1) is 29.2. The molecule has 1 amide bonds. The SMILES string of the molecule is COc1cccc(Nc2c(C(N)=O)cnc3c(C)cc(Sc4ccc(-c5ccc(CCCCCO)cc5)cc4)cc23)c1. The van der Waals surface area contributed by atoms with E-state index in [1.165, 1.54) is 22.9 Å². The maximum Gasteiger partial charge on any atom is 0.252 e. The number of benzene rings is 4. The summed E-state index contributed by atoms with van der Waals surface area (Å²) in [6, 6.07) is 29.0. The van der Waals surface area contributed by atoms with Crippen LogP contribution in [0.4, 0.5) is 11.4 Å². The zero-order chi connectivity index (χ0) is 29.5. The lowest BCUT2D eigenvalue weighted by molar-refractivity contribution is 0.100. The second-order valence-electron chi connectivity index (χ2n) is 10.3. The molecule has 1 heterocycles. The van der Waals surface area contributed by atoms with Crippen molar-refractivity contribution in [3.05, 3.63) is 108 Å². The number of nitrogens with zero attached hydrogens (tertiary/aromatic N) is 1. The average molecular weight is 578 g/mol. The monoisotopic (exact) mass is 577 g/mol. The quantitative estimate of drug-likeness (QED) is 0.130. The molecule has 0 bridgehead atoms. The average Bonchev–Trinajstić information content (AvgIpc) is 3.00. The minimum atomic E-state index is -0.546. The molecule has 0 saturated heterocycles. The Morgan fingerprint density at radius 3 is 2.36 bits per heavy atom. The van der Waals surface area contributed by atoms with Crippen molar-refractivity contribution in [1.29, 1.82) is 0 Å². The summed E-state index contributed by atoms with van der Waals surface area (Å²) >= 11 is 1.66. The molecular weight excluding hydrogens is 542 g/mol. The summed E-state index contributed by atoms with van der Waals surface area (Å²) in [4.78, 5) is 19.1. The minimum Gasteiger partial charge on any atom is -0.497 e. The number of fused-ring (bicyclic) bond motifs is 1. The van der Waals surface area contributed by atoms with Crippen LogP contribution < -0.4 is 15.8 Å². The predicted molar refractivity (Wildman–Crippen MR) is 172 cm³/mol. The number of primary amides is 1. The highest BCUT2D eigenvalue weighted by Gasteiger charge is 2.16. The molecule has 1 aromatic heterocycles. The van der Waals surface area contributed by atoms with E-state index in [4.69, 9.17) is 15.6 Å². The third-order valence-corrected chi connectivity index (χ3v) is 8.22. The second-order valence-corrected chi connectivity index (χ2v) is 11.4. The molecule has 5 aromatic rings. The van der Waals surface area contributed by atoms with Gasteiger partial charge in [-0.2, -0.15) is 0 Å². The van der Waals surface area contributed by atoms with Gasteiger partial charge in [0.15, 0.2) is 0 Å². The van der Waals surface area contributed by atoms with E-state index in [1.807, 2.05) is 31.2 Å². The number of ether oxygens (including phenoxy) is 1. The Morgan fingerprint density at radius 1 is 0.929 bits per heavy atom. The number of carbonyl (C=O) groups excluding carboxylic acids is 1. The van der Waals surface area contributed by atoms with Gasteiger partial charge in [-0.1, -0.05) is 60.6 Å². The lowest BCUT2D eigenvalue weighted by Crippen LogP contribution is -2.14. The molecule has 0 aliphatic rings. The molecule has 4 N–H and O–H groups in total. The smallest absolute Gasteiger partial charge is 0.252 e. The van der Waals surface area contributed by atoms with Gasteiger partial charge < -0.3 is 20.9 Å². The Balaban J connectivity index is 1.39. The molecule has 0 fully saturated rings. The fourth-order valence-electron chi connectivity index (χ4n) is 5.01. The van der Waals surface area contributed by atoms with Crippen LogP contribution in [0.2, 0.25) is 0 Å². The predicted octanol–water partition coefficient (Wildman–Crippen LogP) is 7.92. The van der Waals surface area contributed by atoms with Gasteiger partial charge >= 0.3 is 0 Å². The molecule has 0 radical (unpaired) electrons. The molecule has 0 unspecified atom stereocenters. The summed E-state index contributed by atoms with van der Waals surface area (Å²) in [5.41, 5.74) is 13.0. The Hall–Kier alpha value is -4.33. The summed E-state index contributed by atoms with van der Waals surface area (Å²) in [5, 5.41) is 13.2. The van der Waals surface area contributed by atoms with Gasteiger partial charge in [0.05, 0.1) is 23.9 Å². The maximum absolute atomic E-state index is 12.4. The Kier molecular flexibility index (Phi) is 9.41. The van der Waals surface area contributed by atoms with Gasteiger partial charge in [-0.05, 0) is 84.8 Å². The number of pyridine rings is 1. The van der Waals surface area contributed by atoms with Crippen LogP contribution in [0.25, 0.3) is 22.0 Å². The highest BCUT2D eigenvalue weighted by atomic mass is 32.2. The molecule has 0 aliphatic heterocycles. The Morgan fingerprint density at radius 2 is 1.67 bits per heavy atom. The van der Waals surface area contributed by atoms with E-state index in [1.54, 1.807) is 18.9 Å². The molecule has 0 atom stereocenters. The van der Waals surface area contributed by atoms with Crippen molar-refractivity contribution >= 4 is 39.9 Å². The van der Waals surface area contributed by atoms with Crippen LogP contribution >= 0.6 is 11.8 Å². The maximum atomic E-state index is 12.4. The third-order valence-electron chi connectivity index (χ3n) is 7.24. The number of rotatable bonds is 12. The molecule has 214 valence electrons. The number of nitrogens with two attached hydrogens (primary N) is 1. The van der Waals surface area contributed by atoms with E-state index in [9.17, 15) is 4.79 Å². The molecule has 4 aromatic carbocycles. The van der Waals surface area contributed by atoms with Gasteiger partial charge in [0.25, 0.3) is 5.91 Å². The van der Waals surface area contributed by atoms with Crippen LogP contribution in [0.1, 0.15) is 40.7 Å². The van der Waals surface area contributed by atoms with Crippen molar-refractivity contribution in [2.24, 2.45) is 5.73 Å². The van der Waals surface area contributed by atoms with Gasteiger partial charge in [-0.25, -0.2) is 0 Å². The molecule has 0 saturated carbocycles. The number of aliphatic hydroxyl groups excluding tert-OH is 1. The van der Waals surface area contributed by atoms with Crippen LogP contribution in [0.15, 0.2) is 101 Å². The summed E-state index contributed by atoms with van der Waals surface area (Å²) < 4.78 is 5.37. The standard InChI is InChI=1S/C35H35N3O3S/c1-23-19-30(42-29-16-14-26(15-17-29)25-12-10-24(11-13-25)7-4-3-5-18-39)21-31-33(23)37-22-32(35(36)40)34(31)38-27-8-6-9-28(20-27)41-2/h6,8-17,19-22,39H,3-5,7,18H2,1-2H3,(H2,36,40)(H,37,38). The van der Waals surface area contributed by atoms with Crippen molar-refractivity contribution in [1.82, 2.24) is 4.98 Å². The Bertz CT molecular complexity index is 1690. The van der Waals surface area contributed by atoms with E-state index in [-0.39, 0.29) is 6.61 Å². The van der Waals surface area contributed by atoms with Gasteiger partial charge in [0.1, 0.15) is 5.75 Å². The van der Waals surface area contributed by atoms with Crippen LogP contribution in [-0.4, -0.2) is 29.7 Å². The van der Waals surface area contributed by atoms with Gasteiger partial charge in [-0.15, -0.1) is 0 Å². The number of carbonyl (C=O) groups is 1. The van der Waals surface area contributed by atoms with Crippen LogP contribution in [0.3, 0.4) is 0 Å². The number of aliphatic hydroxyl groups is 1. The highest BCUT2D eigenvalue weighted by molar-refractivity contribution is 7.99. The number of hydrogen-bond donors (Lipinski definition) is 3. The third kappa shape index (κ3) is 6.93. The topological polar surface area (TPSA) is 97.5 Å². The van der Waals surface area contributed by atoms with Crippen LogP contribution in [0, 0.1) is 6.92 Å². The highest BCUT2D eigenvalue weighted by Crippen LogP contribution is 2.37. The number of unbranched alkanes of at least 4 members (excludes halogenated alkanes) is 2. The van der Waals surface area contributed by atoms with Gasteiger partial charge in [0.2, 0.25) is 0 Å². The summed E-state index contributed by atoms with van der Waals surface area (Å²) in [6.07, 6.45) is 5.59. The molecule has 0 spiro atoms. The molecular formula is C35H35N3O3S. The van der Waals surface area contributed by atoms with E-state index in [2.05, 4.69) is 71.0 Å². The van der Waals surface area contributed by atoms with Crippen LogP contribution in [-0.2, 0) is 6.42 Å². The number of amides is 1. The largest absolute Gasteiger partial charge is 0.497 e. The second kappa shape index (κ2) is 13.6. The summed E-state index contributed by atoms with van der Waals surface area (Å²) in [6.45, 7) is 2.29. The Labute approximate surface area is 251 Å². The van der Waals surface area contributed by atoms with E-state index >= 15 is 0 Å². The number of methoxy groups -OCH3 is 1. The van der Waals surface area contributed by atoms with Gasteiger partial charge in [0, 0.05) is 39.7 Å². The number of anilines is 2. The first-order chi connectivity index (χ1) is 20.4. The minimum absolute atomic E-state index is 0.267. The number of hydrogen-bond acceptors (Lipinski definition) is 6. The van der Waals surface area contributed by atoms with Crippen molar-refractivity contribution in [2.45, 2.75) is 42.4 Å². The first-order valence-corrected chi connectivity index (χ1v) is 14.9. The molecule has 5 rings (SSSR count). The number of aryl methyl sites for hydroxylation is 2. The fraction of sp³-hybridized carbons (Fsp3) is 0.200. The van der Waals surface area contributed by atoms with Crippen molar-refractivity contribution < 1.29 is 14.6 Å². The summed E-state index contributed by atoms with van der Waals surface area (Å²) in [7, 11) is 1.62. The van der Waals surface area contributed by atoms with Gasteiger partial charge in [-0.3, -0.25) is 9.78 Å². The first-order valence-electron chi connectivity index (χ1n) is 14.1. The molecule has 42 heavy (non-hydrogen) atoms. The van der Waals surface area contributed by atoms with Crippen molar-refractivity contribution in [3.8, 4) is 16.9 Å². The van der Waals surface area contributed by atoms with E-state index < -0.39 is 5.91 Å².